The monoisotopic (exact) mass is 516 g/mol. The first kappa shape index (κ1) is 32.4. The van der Waals surface area contributed by atoms with Gasteiger partial charge in [-0.2, -0.15) is 8.42 Å². The average molecular weight is 517 g/mol. The van der Waals surface area contributed by atoms with E-state index in [2.05, 4.69) is 106 Å². The van der Waals surface area contributed by atoms with Crippen molar-refractivity contribution in [1.82, 2.24) is 0 Å². The Morgan fingerprint density at radius 1 is 0.917 bits per heavy atom. The van der Waals surface area contributed by atoms with Crippen molar-refractivity contribution in [2.24, 2.45) is 27.6 Å². The molecule has 0 spiro atoms. The molecular formula is C32H52O3S. The lowest BCUT2D eigenvalue weighted by Gasteiger charge is -2.52. The van der Waals surface area contributed by atoms with Crippen LogP contribution in [-0.2, 0) is 14.3 Å². The minimum Gasteiger partial charge on any atom is -0.270 e. The Bertz CT molecular complexity index is 1030. The fourth-order valence-electron chi connectivity index (χ4n) is 5.01. The van der Waals surface area contributed by atoms with Gasteiger partial charge in [0.2, 0.25) is 0 Å². The van der Waals surface area contributed by atoms with Gasteiger partial charge in [0.1, 0.15) is 0 Å². The summed E-state index contributed by atoms with van der Waals surface area (Å²) in [7, 11) is -2.52. The zero-order valence-corrected chi connectivity index (χ0v) is 25.8. The molecule has 0 saturated carbocycles. The number of hydrogen-bond donors (Lipinski definition) is 0. The van der Waals surface area contributed by atoms with E-state index in [1.807, 2.05) is 12.2 Å². The number of allylic oxidation sites excluding steroid dienone is 5. The summed E-state index contributed by atoms with van der Waals surface area (Å²) in [4.78, 5) is 0.188. The van der Waals surface area contributed by atoms with E-state index in [-0.39, 0.29) is 32.5 Å². The predicted molar refractivity (Wildman–Crippen MR) is 156 cm³/mol. The fraction of sp³-hybridized carbons (Fsp3) is 0.625. The van der Waals surface area contributed by atoms with E-state index >= 15 is 0 Å². The molecule has 0 N–H and O–H groups in total. The summed E-state index contributed by atoms with van der Waals surface area (Å²) in [6.07, 6.45) is 7.46. The molecule has 0 aliphatic rings. The Kier molecular flexibility index (Phi) is 10.6. The number of benzene rings is 1. The van der Waals surface area contributed by atoms with Crippen LogP contribution in [-0.4, -0.2) is 15.5 Å². The van der Waals surface area contributed by atoms with Crippen LogP contribution in [0.1, 0.15) is 100 Å². The first-order valence-corrected chi connectivity index (χ1v) is 14.5. The third-order valence-corrected chi connectivity index (χ3v) is 9.52. The molecule has 4 heteroatoms. The summed E-state index contributed by atoms with van der Waals surface area (Å²) in [5, 5.41) is 0. The lowest BCUT2D eigenvalue weighted by molar-refractivity contribution is 0.0145. The molecule has 3 nitrogen and oxygen atoms in total. The topological polar surface area (TPSA) is 43.4 Å². The Balaban J connectivity index is 3.63. The summed E-state index contributed by atoms with van der Waals surface area (Å²) < 4.78 is 29.0. The molecule has 0 aliphatic carbocycles. The summed E-state index contributed by atoms with van der Waals surface area (Å²) in [5.74, 6) is 0.573. The van der Waals surface area contributed by atoms with E-state index in [0.717, 1.165) is 18.4 Å². The Hall–Kier alpha value is -1.65. The Morgan fingerprint density at radius 3 is 1.86 bits per heavy atom. The fourth-order valence-corrected chi connectivity index (χ4v) is 5.51. The highest BCUT2D eigenvalue weighted by Crippen LogP contribution is 2.56. The van der Waals surface area contributed by atoms with Crippen molar-refractivity contribution in [1.29, 1.82) is 0 Å². The van der Waals surface area contributed by atoms with Crippen molar-refractivity contribution in [2.45, 2.75) is 94.9 Å². The van der Waals surface area contributed by atoms with E-state index < -0.39 is 10.1 Å². The maximum atomic E-state index is 12.2. The second-order valence-electron chi connectivity index (χ2n) is 13.7. The average Bonchev–Trinajstić information content (AvgIpc) is 2.75. The summed E-state index contributed by atoms with van der Waals surface area (Å²) in [5.41, 5.74) is 2.49. The van der Waals surface area contributed by atoms with Gasteiger partial charge in [-0.25, -0.2) is 0 Å². The highest BCUT2D eigenvalue weighted by atomic mass is 32.2. The van der Waals surface area contributed by atoms with Crippen LogP contribution in [0.2, 0.25) is 0 Å². The molecule has 0 aromatic heterocycles. The lowest BCUT2D eigenvalue weighted by atomic mass is 9.53. The van der Waals surface area contributed by atoms with Crippen LogP contribution in [0.3, 0.4) is 0 Å². The highest BCUT2D eigenvalue weighted by molar-refractivity contribution is 7.90. The first-order valence-electron chi connectivity index (χ1n) is 13.1. The van der Waals surface area contributed by atoms with Crippen LogP contribution in [0.4, 0.5) is 0 Å². The molecule has 0 fully saturated rings. The third kappa shape index (κ3) is 8.45. The number of hydrogen-bond acceptors (Lipinski definition) is 3. The maximum Gasteiger partial charge on any atom is 0.292 e. The van der Waals surface area contributed by atoms with Gasteiger partial charge in [-0.15, -0.1) is 0 Å². The van der Waals surface area contributed by atoms with E-state index in [1.165, 1.54) is 12.7 Å². The van der Waals surface area contributed by atoms with Gasteiger partial charge in [0, 0.05) is 0 Å². The van der Waals surface area contributed by atoms with Crippen LogP contribution < -0.4 is 0 Å². The molecule has 204 valence electrons. The van der Waals surface area contributed by atoms with Gasteiger partial charge in [0.25, 0.3) is 10.1 Å². The van der Waals surface area contributed by atoms with Gasteiger partial charge in [0.05, 0.1) is 12.0 Å². The molecule has 1 rings (SSSR count). The molecule has 0 saturated heterocycles. The van der Waals surface area contributed by atoms with E-state index in [1.54, 1.807) is 13.0 Å². The van der Waals surface area contributed by atoms with Crippen molar-refractivity contribution >= 4 is 10.1 Å². The maximum absolute atomic E-state index is 12.2. The Morgan fingerprint density at radius 2 is 1.44 bits per heavy atom. The molecule has 2 unspecified atom stereocenters. The van der Waals surface area contributed by atoms with Crippen LogP contribution in [0.25, 0.3) is 0 Å². The van der Waals surface area contributed by atoms with Gasteiger partial charge in [-0.3, -0.25) is 4.18 Å². The summed E-state index contributed by atoms with van der Waals surface area (Å²) >= 11 is 0. The van der Waals surface area contributed by atoms with E-state index in [9.17, 15) is 8.42 Å². The molecule has 2 atom stereocenters. The lowest BCUT2D eigenvalue weighted by Crippen LogP contribution is -2.43. The largest absolute Gasteiger partial charge is 0.292 e. The van der Waals surface area contributed by atoms with Gasteiger partial charge >= 0.3 is 0 Å². The van der Waals surface area contributed by atoms with Crippen molar-refractivity contribution in [2.75, 3.05) is 7.11 Å². The quantitative estimate of drug-likeness (QED) is 0.217. The second-order valence-corrected chi connectivity index (χ2v) is 15.6. The van der Waals surface area contributed by atoms with Gasteiger partial charge in [-0.1, -0.05) is 118 Å². The first-order chi connectivity index (χ1) is 16.2. The van der Waals surface area contributed by atoms with Crippen LogP contribution in [0.5, 0.6) is 0 Å². The van der Waals surface area contributed by atoms with E-state index in [0.29, 0.717) is 5.92 Å². The second kappa shape index (κ2) is 11.8. The SMILES string of the molecule is C=C/C(=C\C=C(/C)S(=O)(=O)OC)C(CC(C)(C)C)C(C)(C)C(C)(C)CC(c1ccccc1)C(C)(C)C. The van der Waals surface area contributed by atoms with Crippen molar-refractivity contribution in [3.8, 4) is 0 Å². The number of rotatable bonds is 11. The third-order valence-electron chi connectivity index (χ3n) is 8.16. The summed E-state index contributed by atoms with van der Waals surface area (Å²) in [6, 6.07) is 10.9. The molecular weight excluding hydrogens is 464 g/mol. The van der Waals surface area contributed by atoms with Crippen molar-refractivity contribution in [3.63, 3.8) is 0 Å². The summed E-state index contributed by atoms with van der Waals surface area (Å²) in [6.45, 7) is 29.0. The van der Waals surface area contributed by atoms with Crippen molar-refractivity contribution in [3.05, 3.63) is 71.2 Å². The zero-order chi connectivity index (χ0) is 28.2. The molecule has 0 radical (unpaired) electrons. The Labute approximate surface area is 223 Å². The molecule has 0 amide bonds. The zero-order valence-electron chi connectivity index (χ0n) is 25.0. The predicted octanol–water partition coefficient (Wildman–Crippen LogP) is 9.30. The van der Waals surface area contributed by atoms with Crippen molar-refractivity contribution < 1.29 is 12.6 Å². The highest BCUT2D eigenvalue weighted by Gasteiger charge is 2.47. The van der Waals surface area contributed by atoms with Crippen LogP contribution >= 0.6 is 0 Å². The van der Waals surface area contributed by atoms with Gasteiger partial charge < -0.3 is 0 Å². The van der Waals surface area contributed by atoms with E-state index in [4.69, 9.17) is 4.18 Å². The van der Waals surface area contributed by atoms with Gasteiger partial charge in [-0.05, 0) is 70.5 Å². The van der Waals surface area contributed by atoms with Gasteiger partial charge in [0.15, 0.2) is 0 Å². The normalized spacial score (nSPS) is 16.6. The molecule has 0 bridgehead atoms. The molecule has 1 aromatic rings. The standard InChI is InChI=1S/C32H52O3S/c1-14-25(21-20-24(2)36(33,34)35-13)28(22-29(3,4)5)32(11,12)31(9,10)23-27(30(6,7)8)26-18-16-15-17-19-26/h14-21,27-28H,1,22-23H2,2-13H3/b24-20+,25-21+. The molecule has 0 heterocycles. The smallest absolute Gasteiger partial charge is 0.270 e. The van der Waals surface area contributed by atoms with Crippen LogP contribution in [0.15, 0.2) is 65.6 Å². The molecule has 1 aromatic carbocycles. The minimum absolute atomic E-state index is 0.0316. The van der Waals surface area contributed by atoms with Crippen LogP contribution in [0, 0.1) is 27.6 Å². The molecule has 36 heavy (non-hydrogen) atoms. The minimum atomic E-state index is -3.71. The molecule has 0 aliphatic heterocycles.